The van der Waals surface area contributed by atoms with Crippen LogP contribution in [0.3, 0.4) is 0 Å². The maximum atomic E-state index is 15.1. The lowest BCUT2D eigenvalue weighted by Gasteiger charge is -2.32. The largest absolute Gasteiger partial charge is 0.738 e. The second kappa shape index (κ2) is 5.47. The minimum absolute atomic E-state index is 0.265. The zero-order chi connectivity index (χ0) is 17.2. The molecular weight excluding hydrogens is 516 g/mol. The number of benzene rings is 1. The Morgan fingerprint density at radius 3 is 2.46 bits per heavy atom. The first-order valence-electron chi connectivity index (χ1n) is 6.91. The molecule has 2 aromatic rings. The van der Waals surface area contributed by atoms with Gasteiger partial charge in [-0.15, -0.1) is 0 Å². The van der Waals surface area contributed by atoms with Crippen LogP contribution in [-0.2, 0) is 0 Å². The van der Waals surface area contributed by atoms with Crippen molar-refractivity contribution in [2.24, 2.45) is 0 Å². The van der Waals surface area contributed by atoms with E-state index in [1.807, 2.05) is 0 Å². The van der Waals surface area contributed by atoms with Gasteiger partial charge < -0.3 is 17.6 Å². The van der Waals surface area contributed by atoms with Gasteiger partial charge in [-0.3, -0.25) is 0 Å². The minimum Gasteiger partial charge on any atom is -0.389 e. The molecule has 122 valence electrons. The summed E-state index contributed by atoms with van der Waals surface area (Å²) >= 11 is 9.65. The molecule has 2 aliphatic rings. The fourth-order valence-electron chi connectivity index (χ4n) is 3.13. The van der Waals surface area contributed by atoms with Gasteiger partial charge in [-0.1, -0.05) is 15.9 Å². The van der Waals surface area contributed by atoms with Gasteiger partial charge >= 0.3 is 6.97 Å². The van der Waals surface area contributed by atoms with Crippen molar-refractivity contribution in [2.75, 3.05) is 0 Å². The molecule has 0 saturated carbocycles. The van der Waals surface area contributed by atoms with Gasteiger partial charge in [-0.2, -0.15) is 0 Å². The molecule has 0 aliphatic carbocycles. The van der Waals surface area contributed by atoms with Crippen LogP contribution in [0.25, 0.3) is 5.57 Å². The number of halogens is 6. The molecule has 0 N–H and O–H groups in total. The number of fused-ring (bicyclic) bond motifs is 2. The molecule has 0 saturated heterocycles. The van der Waals surface area contributed by atoms with Crippen molar-refractivity contribution in [3.63, 3.8) is 0 Å². The van der Waals surface area contributed by atoms with Crippen LogP contribution in [0.1, 0.15) is 11.3 Å². The number of rotatable bonds is 1. The zero-order valence-corrected chi connectivity index (χ0v) is 16.5. The van der Waals surface area contributed by atoms with Crippen LogP contribution in [0.2, 0.25) is 0 Å². The van der Waals surface area contributed by atoms with Crippen molar-refractivity contribution in [3.05, 3.63) is 74.3 Å². The van der Waals surface area contributed by atoms with E-state index in [1.54, 1.807) is 30.4 Å². The molecule has 0 radical (unpaired) electrons. The highest BCUT2D eigenvalue weighted by molar-refractivity contribution is 9.18. The van der Waals surface area contributed by atoms with Crippen LogP contribution in [0, 0.1) is 5.82 Å². The van der Waals surface area contributed by atoms with E-state index in [9.17, 15) is 4.39 Å². The summed E-state index contributed by atoms with van der Waals surface area (Å²) in [7, 11) is 0. The Hall–Kier alpha value is -1.06. The molecule has 0 spiro atoms. The highest BCUT2D eigenvalue weighted by Gasteiger charge is 2.54. The van der Waals surface area contributed by atoms with Crippen molar-refractivity contribution in [2.45, 2.75) is 0 Å². The Kier molecular flexibility index (Phi) is 3.74. The Morgan fingerprint density at radius 2 is 1.75 bits per heavy atom. The maximum absolute atomic E-state index is 15.1. The monoisotopic (exact) mass is 520 g/mol. The summed E-state index contributed by atoms with van der Waals surface area (Å²) in [5, 5.41) is 0. The number of allylic oxidation sites excluding steroid dienone is 2. The lowest BCUT2D eigenvalue weighted by atomic mass is 9.86. The molecular formula is C15H7BBr3F3N2. The number of hydrogen-bond donors (Lipinski definition) is 0. The van der Waals surface area contributed by atoms with E-state index in [0.717, 1.165) is 8.96 Å². The average Bonchev–Trinajstić information content (AvgIpc) is 3.03. The third-order valence-corrected chi connectivity index (χ3v) is 5.77. The molecule has 2 nitrogen and oxygen atoms in total. The summed E-state index contributed by atoms with van der Waals surface area (Å²) < 4.78 is 47.0. The molecule has 0 fully saturated rings. The van der Waals surface area contributed by atoms with Gasteiger partial charge in [0.2, 0.25) is 4.62 Å². The Bertz CT molecular complexity index is 972. The first kappa shape index (κ1) is 16.4. The summed E-state index contributed by atoms with van der Waals surface area (Å²) in [6.07, 6.45) is 3.18. The maximum Gasteiger partial charge on any atom is 0.738 e. The standard InChI is InChI=1S/C15H7BBr3F3N2/c17-9-5-8(6-10(20)7-9)15-11-1-3-13(18)23(11)16(21,22)24-12(15)2-4-14(24)19/h1-7H. The highest BCUT2D eigenvalue weighted by atomic mass is 79.9. The van der Waals surface area contributed by atoms with E-state index in [1.165, 1.54) is 12.1 Å². The molecule has 1 aromatic heterocycles. The number of nitrogens with zero attached hydrogens (tertiary/aromatic N) is 2. The van der Waals surface area contributed by atoms with E-state index in [-0.39, 0.29) is 9.22 Å². The summed E-state index contributed by atoms with van der Waals surface area (Å²) in [5.41, 5.74) is 1.73. The number of aromatic nitrogens is 1. The van der Waals surface area contributed by atoms with Crippen LogP contribution in [0.15, 0.2) is 57.3 Å². The minimum atomic E-state index is -4.07. The van der Waals surface area contributed by atoms with E-state index < -0.39 is 12.8 Å². The summed E-state index contributed by atoms with van der Waals surface area (Å²) in [6, 6.07) is 7.56. The third kappa shape index (κ3) is 2.24. The van der Waals surface area contributed by atoms with Crippen LogP contribution in [-0.4, -0.2) is 20.6 Å². The van der Waals surface area contributed by atoms with Crippen LogP contribution in [0.4, 0.5) is 13.0 Å². The van der Waals surface area contributed by atoms with Crippen molar-refractivity contribution in [1.29, 1.82) is 0 Å². The van der Waals surface area contributed by atoms with Gasteiger partial charge in [-0.05, 0) is 51.8 Å². The SMILES string of the molecule is Fc1cc(Br)cc(C2=C3C=CC(Br)=[N+]3[B-](F)(F)n3c(Br)ccc32)c1. The van der Waals surface area contributed by atoms with Crippen molar-refractivity contribution < 1.29 is 17.5 Å². The molecule has 0 unspecified atom stereocenters. The normalized spacial score (nSPS) is 18.2. The predicted octanol–water partition coefficient (Wildman–Crippen LogP) is 5.52. The van der Waals surface area contributed by atoms with Gasteiger partial charge in [0, 0.05) is 38.2 Å². The lowest BCUT2D eigenvalue weighted by molar-refractivity contribution is -0.358. The molecule has 1 aromatic carbocycles. The Labute approximate surface area is 160 Å². The highest BCUT2D eigenvalue weighted by Crippen LogP contribution is 2.42. The van der Waals surface area contributed by atoms with E-state index in [0.29, 0.717) is 27.0 Å². The van der Waals surface area contributed by atoms with E-state index in [2.05, 4.69) is 47.8 Å². The van der Waals surface area contributed by atoms with Crippen molar-refractivity contribution >= 4 is 65.0 Å². The Balaban J connectivity index is 2.12. The van der Waals surface area contributed by atoms with Crippen molar-refractivity contribution in [3.8, 4) is 0 Å². The van der Waals surface area contributed by atoms with Gasteiger partial charge in [0.15, 0.2) is 5.70 Å². The Morgan fingerprint density at radius 1 is 1.00 bits per heavy atom. The van der Waals surface area contributed by atoms with E-state index in [4.69, 9.17) is 0 Å². The first-order chi connectivity index (χ1) is 11.3. The second-order valence-corrected chi connectivity index (χ2v) is 7.98. The average molecular weight is 523 g/mol. The van der Waals surface area contributed by atoms with Crippen molar-refractivity contribution in [1.82, 2.24) is 4.48 Å². The molecule has 9 heteroatoms. The molecule has 0 amide bonds. The summed E-state index contributed by atoms with van der Waals surface area (Å²) in [4.78, 5) is 0. The predicted molar refractivity (Wildman–Crippen MR) is 99.0 cm³/mol. The molecule has 3 heterocycles. The van der Waals surface area contributed by atoms with Crippen LogP contribution in [0.5, 0.6) is 0 Å². The molecule has 24 heavy (non-hydrogen) atoms. The summed E-state index contributed by atoms with van der Waals surface area (Å²) in [6.45, 7) is -4.07. The fourth-order valence-corrected chi connectivity index (χ4v) is 4.73. The lowest BCUT2D eigenvalue weighted by Crippen LogP contribution is -2.50. The fraction of sp³-hybridized carbons (Fsp3) is 0. The summed E-state index contributed by atoms with van der Waals surface area (Å²) in [5.74, 6) is -0.441. The molecule has 2 aliphatic heterocycles. The van der Waals surface area contributed by atoms with Gasteiger partial charge in [0.1, 0.15) is 5.82 Å². The van der Waals surface area contributed by atoms with Gasteiger partial charge in [0.05, 0.1) is 10.2 Å². The quantitative estimate of drug-likeness (QED) is 0.436. The van der Waals surface area contributed by atoms with Crippen LogP contribution < -0.4 is 0 Å². The van der Waals surface area contributed by atoms with Gasteiger partial charge in [-0.25, -0.2) is 4.39 Å². The molecule has 0 atom stereocenters. The molecule has 4 rings (SSSR count). The second-order valence-electron chi connectivity index (χ2n) is 5.44. The smallest absolute Gasteiger partial charge is 0.389 e. The molecule has 0 bridgehead atoms. The number of hydrogen-bond acceptors (Lipinski definition) is 0. The third-order valence-electron chi connectivity index (χ3n) is 4.02. The van der Waals surface area contributed by atoms with Crippen LogP contribution >= 0.6 is 47.8 Å². The van der Waals surface area contributed by atoms with Gasteiger partial charge in [0.25, 0.3) is 0 Å². The first-order valence-corrected chi connectivity index (χ1v) is 9.29. The topological polar surface area (TPSA) is 7.94 Å². The van der Waals surface area contributed by atoms with E-state index >= 15 is 8.63 Å². The zero-order valence-electron chi connectivity index (χ0n) is 11.8.